The summed E-state index contributed by atoms with van der Waals surface area (Å²) in [6.07, 6.45) is 2.84. The van der Waals surface area contributed by atoms with Crippen molar-refractivity contribution in [3.8, 4) is 5.69 Å². The summed E-state index contributed by atoms with van der Waals surface area (Å²) in [6, 6.07) is 34.5. The van der Waals surface area contributed by atoms with Crippen LogP contribution in [0.15, 0.2) is 191 Å². The maximum absolute atomic E-state index is 15.0. The summed E-state index contributed by atoms with van der Waals surface area (Å²) in [6.45, 7) is 1.51. The van der Waals surface area contributed by atoms with Crippen LogP contribution >= 0.6 is 68.8 Å². The minimum Gasteiger partial charge on any atom is -0.388 e. The van der Waals surface area contributed by atoms with Crippen LogP contribution in [0.1, 0.15) is 29.5 Å². The fourth-order valence-corrected chi connectivity index (χ4v) is 16.8. The summed E-state index contributed by atoms with van der Waals surface area (Å²) >= 11 is 19.6. The summed E-state index contributed by atoms with van der Waals surface area (Å²) in [5.41, 5.74) is 5.85. The van der Waals surface area contributed by atoms with Crippen molar-refractivity contribution in [3.05, 3.63) is 204 Å². The highest BCUT2D eigenvalue weighted by atomic mass is 35.5. The number of rotatable bonds is 17. The Balaban J connectivity index is 0.000000155. The molecule has 13 rings (SSSR count). The molecule has 0 spiro atoms. The fourth-order valence-electron chi connectivity index (χ4n) is 9.65. The highest BCUT2D eigenvalue weighted by Crippen LogP contribution is 2.30. The van der Waals surface area contributed by atoms with Gasteiger partial charge in [0.2, 0.25) is 0 Å². The first-order chi connectivity index (χ1) is 49.1. The van der Waals surface area contributed by atoms with Crippen LogP contribution in [0.25, 0.3) is 16.6 Å². The van der Waals surface area contributed by atoms with E-state index in [2.05, 4.69) is 61.9 Å². The van der Waals surface area contributed by atoms with E-state index >= 15 is 0 Å². The van der Waals surface area contributed by atoms with Gasteiger partial charge in [0.15, 0.2) is 11.6 Å². The maximum Gasteiger partial charge on any atom is 0.334 e. The van der Waals surface area contributed by atoms with Crippen LogP contribution in [-0.4, -0.2) is 136 Å². The van der Waals surface area contributed by atoms with E-state index in [4.69, 9.17) is 34.8 Å². The molecular weight excluding hydrogens is 1520 g/mol. The Hall–Kier alpha value is -10.8. The van der Waals surface area contributed by atoms with Crippen molar-refractivity contribution in [2.24, 2.45) is 15.2 Å². The van der Waals surface area contributed by atoms with Crippen molar-refractivity contribution in [1.29, 1.82) is 0 Å². The second-order valence-electron chi connectivity index (χ2n) is 21.5. The summed E-state index contributed by atoms with van der Waals surface area (Å²) in [5, 5.41) is 32.0. The molecule has 0 saturated heterocycles. The quantitative estimate of drug-likeness (QED) is 0.0420. The van der Waals surface area contributed by atoms with E-state index in [9.17, 15) is 58.4 Å². The molecule has 0 aliphatic carbocycles. The molecule has 41 heteroatoms. The second-order valence-corrected chi connectivity index (χ2v) is 32.4. The zero-order chi connectivity index (χ0) is 73.5. The van der Waals surface area contributed by atoms with E-state index in [1.807, 2.05) is 88.7 Å². The number of thiophene rings is 3. The molecule has 31 nitrogen and oxygen atoms in total. The van der Waals surface area contributed by atoms with Gasteiger partial charge in [-0.25, -0.2) is 68.2 Å². The van der Waals surface area contributed by atoms with E-state index in [0.29, 0.717) is 34.6 Å². The molecule has 0 fully saturated rings. The molecule has 3 aliphatic heterocycles. The Labute approximate surface area is 611 Å². The molecule has 10 aromatic rings. The lowest BCUT2D eigenvalue weighted by molar-refractivity contribution is -0.117. The molecule has 3 aliphatic rings. The number of hydrogen-bond donors (Lipinski definition) is 8. The predicted molar refractivity (Wildman–Crippen MR) is 393 cm³/mol. The van der Waals surface area contributed by atoms with Gasteiger partial charge in [-0.05, 0) is 126 Å². The highest BCUT2D eigenvalue weighted by molar-refractivity contribution is 7.93. The third kappa shape index (κ3) is 17.7. The number of aliphatic imine (C=N–C) groups is 1. The molecule has 4 aromatic carbocycles. The van der Waals surface area contributed by atoms with Gasteiger partial charge in [-0.1, -0.05) is 65.1 Å². The minimum atomic E-state index is -4.14. The van der Waals surface area contributed by atoms with Crippen LogP contribution in [0.5, 0.6) is 0 Å². The third-order valence-electron chi connectivity index (χ3n) is 14.6. The number of likely N-dealkylation sites (N-methyl/N-ethyl adjacent to an activating group) is 1. The van der Waals surface area contributed by atoms with Gasteiger partial charge in [0.05, 0.1) is 72.3 Å². The molecular formula is C62H51Cl3FN19O12S6. The molecule has 0 unspecified atom stereocenters. The number of nitrogens with one attached hydrogen (secondary N) is 8. The lowest BCUT2D eigenvalue weighted by atomic mass is 10.1. The molecule has 8 amide bonds. The largest absolute Gasteiger partial charge is 0.388 e. The number of benzene rings is 4. The van der Waals surface area contributed by atoms with E-state index in [1.165, 1.54) is 84.3 Å². The van der Waals surface area contributed by atoms with Crippen molar-refractivity contribution in [3.63, 3.8) is 0 Å². The van der Waals surface area contributed by atoms with Gasteiger partial charge >= 0.3 is 18.1 Å². The molecule has 103 heavy (non-hydrogen) atoms. The van der Waals surface area contributed by atoms with Gasteiger partial charge in [0.1, 0.15) is 36.4 Å². The van der Waals surface area contributed by atoms with Gasteiger partial charge in [0, 0.05) is 50.3 Å². The molecule has 0 radical (unpaired) electrons. The summed E-state index contributed by atoms with van der Waals surface area (Å²) < 4.78 is 95.3. The zero-order valence-electron chi connectivity index (χ0n) is 53.1. The number of halogens is 4. The Bertz CT molecular complexity index is 5290. The maximum atomic E-state index is 15.0. The molecule has 0 saturated carbocycles. The van der Waals surface area contributed by atoms with Crippen molar-refractivity contribution in [1.82, 2.24) is 43.8 Å². The van der Waals surface area contributed by atoms with Crippen LogP contribution < -0.4 is 56.3 Å². The third-order valence-corrected chi connectivity index (χ3v) is 23.7. The summed E-state index contributed by atoms with van der Waals surface area (Å²) in [4.78, 5) is 89.2. The monoisotopic (exact) mass is 1570 g/mol. The van der Waals surface area contributed by atoms with Crippen LogP contribution in [0.2, 0.25) is 13.0 Å². The number of hydrogen-bond acceptors (Lipinski definition) is 25. The average molecular weight is 1570 g/mol. The topological polar surface area (TPSA) is 404 Å². The smallest absolute Gasteiger partial charge is 0.334 e. The number of carbonyl (C=O) groups is 5. The lowest BCUT2D eigenvalue weighted by Crippen LogP contribution is -2.34. The van der Waals surface area contributed by atoms with Crippen molar-refractivity contribution < 1.29 is 53.6 Å². The van der Waals surface area contributed by atoms with Crippen LogP contribution in [0, 0.1) is 5.82 Å². The number of amidine groups is 1. The molecule has 0 bridgehead atoms. The molecule has 6 aromatic heterocycles. The number of nitrogens with zero attached hydrogens (tertiary/aromatic N) is 11. The number of pyridine rings is 1. The first-order valence-electron chi connectivity index (χ1n) is 29.6. The summed E-state index contributed by atoms with van der Waals surface area (Å²) in [7, 11) is -6.70. The highest BCUT2D eigenvalue weighted by Gasteiger charge is 2.30. The lowest BCUT2D eigenvalue weighted by Gasteiger charge is -2.14. The standard InChI is InChI=1S/C23H18ClFN6O4S2.C20H17ClN6O4S2.C19H16ClN7O4S2/c1-30-9-8-26-21(30)13-2-4-15-17(10-13)27-12-31(22(15)32)18-5-3-14(11-16(18)25)28-23(33)29-37(34,35)20-7-6-19(24)36-20;1-22-13-4-2-12(3-5-13)15-10-18(28)27(25-15)14-6-8-17(23-11-14)24-20(29)26-33(30,31)19-9-7-16(21)32-19;1-21-12-4-2-11(3-5-12)13-10-17(28)27(25-13)16-8-7-15(23-24-16)22-19(29)26-33(30,31)18-9-6-14(20)32-18/h2-7,10-12H,8-9H2,1H3,(H2,28,29,33);2-9,11,22H,10H2,1H3,(H2,23,24,26,29);2-9,21H,10H2,1H3,(H2,22,23,26,29). The molecule has 530 valence electrons. The number of sulfonamides is 3. The number of anilines is 7. The van der Waals surface area contributed by atoms with Crippen LogP contribution in [-0.2, 0) is 39.7 Å². The number of hydrazone groups is 2. The minimum absolute atomic E-state index is 0.0193. The number of fused-ring (bicyclic) bond motifs is 1. The molecule has 8 N–H and O–H groups in total. The van der Waals surface area contributed by atoms with Crippen LogP contribution in [0.3, 0.4) is 0 Å². The van der Waals surface area contributed by atoms with E-state index in [-0.39, 0.29) is 79.1 Å². The van der Waals surface area contributed by atoms with Crippen molar-refractivity contribution >= 4 is 197 Å². The van der Waals surface area contributed by atoms with Gasteiger partial charge in [-0.15, -0.1) is 44.2 Å². The van der Waals surface area contributed by atoms with Gasteiger partial charge in [0.25, 0.3) is 47.4 Å². The fraction of sp³-hybridized carbons (Fsp3) is 0.113. The van der Waals surface area contributed by atoms with Gasteiger partial charge in [-0.3, -0.25) is 34.6 Å². The number of urea groups is 3. The first-order valence-corrected chi connectivity index (χ1v) is 37.7. The first kappa shape index (κ1) is 73.4. The molecule has 9 heterocycles. The number of carbonyl (C=O) groups excluding carboxylic acids is 5. The Morgan fingerprint density at radius 2 is 1.03 bits per heavy atom. The van der Waals surface area contributed by atoms with E-state index in [0.717, 1.165) is 90.1 Å². The Kier molecular flexibility index (Phi) is 22.2. The number of aromatic nitrogens is 5. The van der Waals surface area contributed by atoms with Gasteiger partial charge in [-0.2, -0.15) is 20.2 Å². The van der Waals surface area contributed by atoms with E-state index in [1.54, 1.807) is 24.3 Å². The SMILES string of the molecule is CN1CCN=C1c1ccc2c(=O)n(-c3ccc(NC(=O)NS(=O)(=O)c4ccc(Cl)s4)cc3F)cnc2c1.CNc1ccc(C2=NN(c3ccc(NC(=O)NS(=O)(=O)c4ccc(Cl)s4)nc3)C(=O)C2)cc1.CNc1ccc(C2=NN(c3ccc(NC(=O)NS(=O)(=O)c4ccc(Cl)s4)nn3)C(=O)C2)cc1. The average Bonchev–Trinajstić information content (AvgIpc) is 1.43. The molecule has 0 atom stereocenters. The van der Waals surface area contributed by atoms with Crippen molar-refractivity contribution in [2.45, 2.75) is 25.5 Å². The van der Waals surface area contributed by atoms with Gasteiger partial charge < -0.3 is 20.9 Å². The van der Waals surface area contributed by atoms with E-state index < -0.39 is 59.5 Å². The number of amides is 8. The predicted octanol–water partition coefficient (Wildman–Crippen LogP) is 9.82. The Morgan fingerprint density at radius 1 is 0.534 bits per heavy atom. The normalized spacial score (nSPS) is 13.6. The second kappa shape index (κ2) is 31.2. The van der Waals surface area contributed by atoms with Crippen LogP contribution in [0.4, 0.5) is 59.0 Å². The summed E-state index contributed by atoms with van der Waals surface area (Å²) in [5.74, 6) is -0.276. The zero-order valence-corrected chi connectivity index (χ0v) is 60.3. The Morgan fingerprint density at radius 3 is 1.50 bits per heavy atom. The van der Waals surface area contributed by atoms with Crippen molar-refractivity contribution in [2.75, 3.05) is 70.8 Å².